The molecule has 0 heterocycles. The Kier molecular flexibility index (Phi) is 4.22. The highest BCUT2D eigenvalue weighted by Gasteiger charge is 2.34. The summed E-state index contributed by atoms with van der Waals surface area (Å²) in [7, 11) is 3.37. The lowest BCUT2D eigenvalue weighted by molar-refractivity contribution is -0.137. The minimum atomic E-state index is -4.39. The normalized spacial score (nSPS) is 11.6. The molecule has 6 heteroatoms. The Labute approximate surface area is 98.4 Å². The topological polar surface area (TPSA) is 41.3 Å². The van der Waals surface area contributed by atoms with Crippen LogP contribution >= 0.6 is 0 Å². The molecular formula is C11H16F3N3. The van der Waals surface area contributed by atoms with Crippen molar-refractivity contribution < 1.29 is 13.2 Å². The van der Waals surface area contributed by atoms with E-state index in [2.05, 4.69) is 5.32 Å². The molecule has 3 nitrogen and oxygen atoms in total. The fourth-order valence-electron chi connectivity index (χ4n) is 1.51. The monoisotopic (exact) mass is 247 g/mol. The van der Waals surface area contributed by atoms with Crippen LogP contribution in [0.4, 0.5) is 24.5 Å². The van der Waals surface area contributed by atoms with E-state index in [1.54, 1.807) is 19.0 Å². The number of alkyl halides is 3. The zero-order valence-corrected chi connectivity index (χ0v) is 9.80. The molecule has 1 aromatic carbocycles. The standard InChI is InChI=1S/C11H16F3N3/c1-16-5-6-17(2)10-4-3-8(15)7-9(10)11(12,13)14/h3-4,7,16H,5-6,15H2,1-2H3. The van der Waals surface area contributed by atoms with Crippen molar-refractivity contribution in [2.45, 2.75) is 6.18 Å². The molecule has 0 fully saturated rings. The van der Waals surface area contributed by atoms with Gasteiger partial charge in [-0.1, -0.05) is 0 Å². The lowest BCUT2D eigenvalue weighted by atomic mass is 10.1. The van der Waals surface area contributed by atoms with Crippen molar-refractivity contribution in [2.75, 3.05) is 37.8 Å². The lowest BCUT2D eigenvalue weighted by Crippen LogP contribution is -2.28. The summed E-state index contributed by atoms with van der Waals surface area (Å²) in [6.45, 7) is 1.10. The summed E-state index contributed by atoms with van der Waals surface area (Å²) >= 11 is 0. The van der Waals surface area contributed by atoms with Crippen molar-refractivity contribution in [3.8, 4) is 0 Å². The second-order valence-electron chi connectivity index (χ2n) is 3.80. The van der Waals surface area contributed by atoms with E-state index in [1.807, 2.05) is 0 Å². The van der Waals surface area contributed by atoms with Gasteiger partial charge in [0.1, 0.15) is 0 Å². The summed E-state index contributed by atoms with van der Waals surface area (Å²) in [5, 5.41) is 2.89. The van der Waals surface area contributed by atoms with Gasteiger partial charge in [0.2, 0.25) is 0 Å². The molecule has 0 amide bonds. The third-order valence-corrected chi connectivity index (χ3v) is 2.43. The van der Waals surface area contributed by atoms with Crippen molar-refractivity contribution in [3.63, 3.8) is 0 Å². The zero-order valence-electron chi connectivity index (χ0n) is 9.80. The van der Waals surface area contributed by atoms with Gasteiger partial charge in [-0.2, -0.15) is 13.2 Å². The van der Waals surface area contributed by atoms with Gasteiger partial charge in [0.15, 0.2) is 0 Å². The quantitative estimate of drug-likeness (QED) is 0.799. The first kappa shape index (κ1) is 13.6. The lowest BCUT2D eigenvalue weighted by Gasteiger charge is -2.23. The predicted octanol–water partition coefficient (Wildman–Crippen LogP) is 1.94. The van der Waals surface area contributed by atoms with Crippen molar-refractivity contribution in [1.82, 2.24) is 5.32 Å². The number of halogens is 3. The molecule has 1 aromatic rings. The minimum absolute atomic E-state index is 0.114. The van der Waals surface area contributed by atoms with Gasteiger partial charge in [0.05, 0.1) is 5.56 Å². The first-order valence-corrected chi connectivity index (χ1v) is 5.18. The molecule has 0 spiro atoms. The number of benzene rings is 1. The molecule has 17 heavy (non-hydrogen) atoms. The van der Waals surface area contributed by atoms with Crippen LogP contribution in [0.25, 0.3) is 0 Å². The summed E-state index contributed by atoms with van der Waals surface area (Å²) in [5.74, 6) is 0. The first-order chi connectivity index (χ1) is 7.86. The Balaban J connectivity index is 3.06. The highest BCUT2D eigenvalue weighted by atomic mass is 19.4. The second-order valence-corrected chi connectivity index (χ2v) is 3.80. The summed E-state index contributed by atoms with van der Waals surface area (Å²) in [6, 6.07) is 3.83. The van der Waals surface area contributed by atoms with Crippen LogP contribution in [0.5, 0.6) is 0 Å². The molecule has 0 saturated heterocycles. The van der Waals surface area contributed by atoms with E-state index in [0.29, 0.717) is 13.1 Å². The number of hydrogen-bond donors (Lipinski definition) is 2. The third-order valence-electron chi connectivity index (χ3n) is 2.43. The Morgan fingerprint density at radius 2 is 2.00 bits per heavy atom. The molecule has 1 rings (SSSR count). The molecule has 0 aliphatic carbocycles. The maximum atomic E-state index is 12.8. The van der Waals surface area contributed by atoms with Gasteiger partial charge < -0.3 is 16.0 Å². The number of anilines is 2. The molecule has 0 atom stereocenters. The van der Waals surface area contributed by atoms with Gasteiger partial charge in [-0.3, -0.25) is 0 Å². The van der Waals surface area contributed by atoms with Crippen LogP contribution in [0.15, 0.2) is 18.2 Å². The molecule has 3 N–H and O–H groups in total. The smallest absolute Gasteiger partial charge is 0.399 e. The van der Waals surface area contributed by atoms with Crippen LogP contribution in [-0.4, -0.2) is 27.2 Å². The predicted molar refractivity (Wildman–Crippen MR) is 63.1 cm³/mol. The number of nitrogens with two attached hydrogens (primary N) is 1. The Bertz CT molecular complexity index is 377. The van der Waals surface area contributed by atoms with E-state index in [1.165, 1.54) is 12.1 Å². The van der Waals surface area contributed by atoms with Gasteiger partial charge in [-0.05, 0) is 25.2 Å². The van der Waals surface area contributed by atoms with Gasteiger partial charge in [0.25, 0.3) is 0 Å². The highest BCUT2D eigenvalue weighted by molar-refractivity contribution is 5.60. The molecule has 0 aromatic heterocycles. The number of nitrogens with zero attached hydrogens (tertiary/aromatic N) is 1. The van der Waals surface area contributed by atoms with E-state index < -0.39 is 11.7 Å². The Hall–Kier alpha value is -1.43. The SMILES string of the molecule is CNCCN(C)c1ccc(N)cc1C(F)(F)F. The zero-order chi connectivity index (χ0) is 13.1. The minimum Gasteiger partial charge on any atom is -0.399 e. The number of rotatable bonds is 4. The van der Waals surface area contributed by atoms with Gasteiger partial charge in [-0.25, -0.2) is 0 Å². The summed E-state index contributed by atoms with van der Waals surface area (Å²) < 4.78 is 38.4. The first-order valence-electron chi connectivity index (χ1n) is 5.18. The molecule has 0 aliphatic rings. The van der Waals surface area contributed by atoms with Crippen LogP contribution in [0, 0.1) is 0 Å². The number of likely N-dealkylation sites (N-methyl/N-ethyl adjacent to an activating group) is 2. The van der Waals surface area contributed by atoms with Crippen molar-refractivity contribution >= 4 is 11.4 Å². The molecule has 96 valence electrons. The number of nitrogen functional groups attached to an aromatic ring is 1. The average Bonchev–Trinajstić information content (AvgIpc) is 2.24. The van der Waals surface area contributed by atoms with E-state index >= 15 is 0 Å². The van der Waals surface area contributed by atoms with Gasteiger partial charge in [-0.15, -0.1) is 0 Å². The van der Waals surface area contributed by atoms with Crippen molar-refractivity contribution in [3.05, 3.63) is 23.8 Å². The van der Waals surface area contributed by atoms with Crippen LogP contribution < -0.4 is 16.0 Å². The van der Waals surface area contributed by atoms with Crippen LogP contribution in [0.1, 0.15) is 5.56 Å². The fraction of sp³-hybridized carbons (Fsp3) is 0.455. The van der Waals surface area contributed by atoms with Gasteiger partial charge in [0, 0.05) is 31.5 Å². The van der Waals surface area contributed by atoms with Crippen molar-refractivity contribution in [2.24, 2.45) is 0 Å². The molecule has 0 saturated carbocycles. The summed E-state index contributed by atoms with van der Waals surface area (Å²) in [5.41, 5.74) is 4.95. The van der Waals surface area contributed by atoms with E-state index in [4.69, 9.17) is 5.73 Å². The molecule has 0 bridgehead atoms. The number of hydrogen-bond acceptors (Lipinski definition) is 3. The largest absolute Gasteiger partial charge is 0.418 e. The molecule has 0 radical (unpaired) electrons. The Morgan fingerprint density at radius 1 is 1.35 bits per heavy atom. The van der Waals surface area contributed by atoms with Crippen LogP contribution in [0.2, 0.25) is 0 Å². The molecular weight excluding hydrogens is 231 g/mol. The Morgan fingerprint density at radius 3 is 2.53 bits per heavy atom. The molecule has 0 unspecified atom stereocenters. The second kappa shape index (κ2) is 5.27. The fourth-order valence-corrected chi connectivity index (χ4v) is 1.51. The van der Waals surface area contributed by atoms with Crippen LogP contribution in [0.3, 0.4) is 0 Å². The molecule has 0 aliphatic heterocycles. The third kappa shape index (κ3) is 3.52. The van der Waals surface area contributed by atoms with Crippen molar-refractivity contribution in [1.29, 1.82) is 0 Å². The maximum absolute atomic E-state index is 12.8. The number of nitrogens with one attached hydrogen (secondary N) is 1. The van der Waals surface area contributed by atoms with E-state index in [0.717, 1.165) is 6.07 Å². The van der Waals surface area contributed by atoms with Gasteiger partial charge >= 0.3 is 6.18 Å². The van der Waals surface area contributed by atoms with Crippen LogP contribution in [-0.2, 0) is 6.18 Å². The summed E-state index contributed by atoms with van der Waals surface area (Å²) in [6.07, 6.45) is -4.39. The summed E-state index contributed by atoms with van der Waals surface area (Å²) in [4.78, 5) is 1.55. The highest BCUT2D eigenvalue weighted by Crippen LogP contribution is 2.37. The van der Waals surface area contributed by atoms with E-state index in [-0.39, 0.29) is 11.4 Å². The van der Waals surface area contributed by atoms with E-state index in [9.17, 15) is 13.2 Å². The maximum Gasteiger partial charge on any atom is 0.418 e. The average molecular weight is 247 g/mol.